The second-order valence-corrected chi connectivity index (χ2v) is 16.2. The van der Waals surface area contributed by atoms with Crippen LogP contribution in [-0.4, -0.2) is 65.7 Å². The molecule has 0 saturated carbocycles. The largest absolute Gasteiger partial charge is 0.472 e. The van der Waals surface area contributed by atoms with Crippen molar-refractivity contribution in [1.82, 2.24) is 0 Å². The van der Waals surface area contributed by atoms with Gasteiger partial charge in [-0.05, 0) is 44.9 Å². The van der Waals surface area contributed by atoms with Crippen molar-refractivity contribution in [2.75, 3.05) is 26.4 Å². The molecule has 322 valence electrons. The van der Waals surface area contributed by atoms with Crippen molar-refractivity contribution < 1.29 is 47.8 Å². The lowest BCUT2D eigenvalue weighted by molar-refractivity contribution is -0.161. The summed E-state index contributed by atoms with van der Waals surface area (Å²) in [7, 11) is -4.62. The summed E-state index contributed by atoms with van der Waals surface area (Å²) in [4.78, 5) is 35.0. The number of aliphatic hydroxyl groups excluding tert-OH is 2. The van der Waals surface area contributed by atoms with Crippen molar-refractivity contribution in [3.05, 3.63) is 36.5 Å². The third-order valence-corrected chi connectivity index (χ3v) is 10.3. The Labute approximate surface area is 335 Å². The maximum Gasteiger partial charge on any atom is 0.472 e. The van der Waals surface area contributed by atoms with E-state index in [1.54, 1.807) is 0 Å². The maximum absolute atomic E-state index is 12.6. The number of carbonyl (C=O) groups excluding carboxylic acids is 2. The van der Waals surface area contributed by atoms with E-state index >= 15 is 0 Å². The molecule has 0 fully saturated rings. The molecule has 0 radical (unpaired) electrons. The van der Waals surface area contributed by atoms with Gasteiger partial charge in [0.05, 0.1) is 19.8 Å². The molecule has 11 heteroatoms. The summed E-state index contributed by atoms with van der Waals surface area (Å²) in [5.74, 6) is -0.939. The van der Waals surface area contributed by atoms with E-state index < -0.39 is 51.8 Å². The number of hydrogen-bond donors (Lipinski definition) is 3. The first-order valence-electron chi connectivity index (χ1n) is 21.9. The average molecular weight is 801 g/mol. The molecule has 0 aliphatic rings. The van der Waals surface area contributed by atoms with Crippen LogP contribution in [0.25, 0.3) is 0 Å². The molecule has 0 rings (SSSR count). The van der Waals surface area contributed by atoms with Crippen molar-refractivity contribution >= 4 is 19.8 Å². The number of esters is 2. The zero-order valence-corrected chi connectivity index (χ0v) is 35.8. The molecule has 0 aromatic carbocycles. The fourth-order valence-corrected chi connectivity index (χ4v) is 6.74. The number of phosphoric ester groups is 1. The molecule has 0 aromatic heterocycles. The lowest BCUT2D eigenvalue weighted by Gasteiger charge is -2.20. The predicted octanol–water partition coefficient (Wildman–Crippen LogP) is 11.6. The summed E-state index contributed by atoms with van der Waals surface area (Å²) in [6.45, 7) is 2.26. The molecule has 0 aliphatic carbocycles. The van der Waals surface area contributed by atoms with Crippen LogP contribution in [0, 0.1) is 0 Å². The summed E-state index contributed by atoms with van der Waals surface area (Å²) in [5, 5.41) is 18.3. The van der Waals surface area contributed by atoms with Gasteiger partial charge in [-0.1, -0.05) is 172 Å². The molecule has 0 bridgehead atoms. The molecule has 3 N–H and O–H groups in total. The Hall–Kier alpha value is -1.81. The van der Waals surface area contributed by atoms with Gasteiger partial charge < -0.3 is 24.6 Å². The van der Waals surface area contributed by atoms with Crippen molar-refractivity contribution in [2.24, 2.45) is 0 Å². The number of hydrogen-bond acceptors (Lipinski definition) is 9. The van der Waals surface area contributed by atoms with Gasteiger partial charge in [-0.2, -0.15) is 0 Å². The van der Waals surface area contributed by atoms with E-state index in [-0.39, 0.29) is 19.4 Å². The second kappa shape index (κ2) is 40.4. The van der Waals surface area contributed by atoms with Gasteiger partial charge in [0.1, 0.15) is 12.7 Å². The molecular formula is C44H81O10P. The Morgan fingerprint density at radius 3 is 1.51 bits per heavy atom. The molecular weight excluding hydrogens is 719 g/mol. The predicted molar refractivity (Wildman–Crippen MR) is 224 cm³/mol. The average Bonchev–Trinajstić information content (AvgIpc) is 3.17. The van der Waals surface area contributed by atoms with Crippen LogP contribution in [0.3, 0.4) is 0 Å². The second-order valence-electron chi connectivity index (χ2n) is 14.7. The van der Waals surface area contributed by atoms with Gasteiger partial charge in [-0.15, -0.1) is 0 Å². The first kappa shape index (κ1) is 53.2. The number of ether oxygens (including phenoxy) is 2. The van der Waals surface area contributed by atoms with Crippen LogP contribution in [-0.2, 0) is 32.7 Å². The molecule has 0 saturated heterocycles. The van der Waals surface area contributed by atoms with Crippen LogP contribution in [0.1, 0.15) is 194 Å². The van der Waals surface area contributed by atoms with Crippen LogP contribution >= 0.6 is 7.82 Å². The number of aliphatic hydroxyl groups is 2. The number of allylic oxidation sites excluding steroid dienone is 6. The molecule has 3 atom stereocenters. The Bertz CT molecular complexity index is 1010. The van der Waals surface area contributed by atoms with E-state index in [0.717, 1.165) is 70.6 Å². The number of carbonyl (C=O) groups is 2. The highest BCUT2D eigenvalue weighted by Crippen LogP contribution is 2.43. The Morgan fingerprint density at radius 1 is 0.564 bits per heavy atom. The highest BCUT2D eigenvalue weighted by atomic mass is 31.2. The minimum absolute atomic E-state index is 0.166. The normalized spacial score (nSPS) is 14.2. The lowest BCUT2D eigenvalue weighted by atomic mass is 10.0. The van der Waals surface area contributed by atoms with Gasteiger partial charge in [0.2, 0.25) is 0 Å². The summed E-state index contributed by atoms with van der Waals surface area (Å²) < 4.78 is 32.7. The molecule has 0 heterocycles. The summed E-state index contributed by atoms with van der Waals surface area (Å²) in [5.41, 5.74) is 0. The van der Waals surface area contributed by atoms with E-state index in [1.165, 1.54) is 83.5 Å². The molecule has 0 amide bonds. The number of phosphoric acid groups is 1. The quantitative estimate of drug-likeness (QED) is 0.0236. The van der Waals surface area contributed by atoms with Gasteiger partial charge in [0, 0.05) is 12.8 Å². The standard InChI is InChI=1S/C44H81O10P/c1-3-5-7-9-11-13-15-17-19-20-22-23-25-27-29-31-33-35-43(47)51-39-42(40-53-55(49,50)52-38-41(46)37-45)54-44(48)36-34-32-30-28-26-24-21-18-16-14-12-10-8-6-4-2/h6,8,12,14,18,21,41-42,45-46H,3-5,7,9-11,13,15-17,19-20,22-40H2,1-2H3,(H,49,50)/b8-6+,14-12+,21-18+/t41-,42+/m0/s1. The first-order chi connectivity index (χ1) is 26.7. The fraction of sp³-hybridized carbons (Fsp3) is 0.818. The fourth-order valence-electron chi connectivity index (χ4n) is 5.95. The molecule has 0 aromatic rings. The lowest BCUT2D eigenvalue weighted by Crippen LogP contribution is -2.29. The summed E-state index contributed by atoms with van der Waals surface area (Å²) in [6, 6.07) is 0. The van der Waals surface area contributed by atoms with Crippen molar-refractivity contribution in [1.29, 1.82) is 0 Å². The van der Waals surface area contributed by atoms with Gasteiger partial charge in [0.15, 0.2) is 6.10 Å². The third-order valence-electron chi connectivity index (χ3n) is 9.31. The van der Waals surface area contributed by atoms with E-state index in [2.05, 4.69) is 54.8 Å². The van der Waals surface area contributed by atoms with Crippen molar-refractivity contribution in [3.63, 3.8) is 0 Å². The van der Waals surface area contributed by atoms with Crippen LogP contribution in [0.2, 0.25) is 0 Å². The third kappa shape index (κ3) is 40.2. The van der Waals surface area contributed by atoms with Crippen LogP contribution in [0.15, 0.2) is 36.5 Å². The minimum Gasteiger partial charge on any atom is -0.462 e. The van der Waals surface area contributed by atoms with E-state index in [9.17, 15) is 24.2 Å². The van der Waals surface area contributed by atoms with E-state index in [1.807, 2.05) is 0 Å². The minimum atomic E-state index is -4.62. The smallest absolute Gasteiger partial charge is 0.462 e. The molecule has 0 aliphatic heterocycles. The van der Waals surface area contributed by atoms with E-state index in [4.69, 9.17) is 19.1 Å². The monoisotopic (exact) mass is 801 g/mol. The summed E-state index contributed by atoms with van der Waals surface area (Å²) in [6.07, 6.45) is 41.1. The van der Waals surface area contributed by atoms with Gasteiger partial charge in [0.25, 0.3) is 0 Å². The highest BCUT2D eigenvalue weighted by molar-refractivity contribution is 7.47. The van der Waals surface area contributed by atoms with Crippen LogP contribution in [0.4, 0.5) is 0 Å². The molecule has 0 spiro atoms. The summed E-state index contributed by atoms with van der Waals surface area (Å²) >= 11 is 0. The molecule has 1 unspecified atom stereocenters. The first-order valence-corrected chi connectivity index (χ1v) is 23.4. The van der Waals surface area contributed by atoms with Gasteiger partial charge in [-0.25, -0.2) is 4.57 Å². The maximum atomic E-state index is 12.6. The SMILES string of the molecule is CC/C=C/C/C=C/C/C=C/CCCCCCCC(=O)O[C@H](COC(=O)CCCCCCCCCCCCCCCCCCC)COP(=O)(O)OC[C@@H](O)CO. The van der Waals surface area contributed by atoms with Crippen LogP contribution < -0.4 is 0 Å². The zero-order chi connectivity index (χ0) is 40.5. The van der Waals surface area contributed by atoms with Gasteiger partial charge >= 0.3 is 19.8 Å². The Kier molecular flexibility index (Phi) is 39.1. The van der Waals surface area contributed by atoms with Crippen molar-refractivity contribution in [3.8, 4) is 0 Å². The Balaban J connectivity index is 4.28. The number of unbranched alkanes of at least 4 members (excludes halogenated alkanes) is 21. The molecule has 10 nitrogen and oxygen atoms in total. The number of rotatable bonds is 41. The Morgan fingerprint density at radius 2 is 1.00 bits per heavy atom. The van der Waals surface area contributed by atoms with E-state index in [0.29, 0.717) is 12.8 Å². The van der Waals surface area contributed by atoms with Crippen molar-refractivity contribution in [2.45, 2.75) is 206 Å². The molecule has 55 heavy (non-hydrogen) atoms. The van der Waals surface area contributed by atoms with Gasteiger partial charge in [-0.3, -0.25) is 18.6 Å². The topological polar surface area (TPSA) is 149 Å². The zero-order valence-electron chi connectivity index (χ0n) is 34.9. The highest BCUT2D eigenvalue weighted by Gasteiger charge is 2.27. The van der Waals surface area contributed by atoms with Crippen LogP contribution in [0.5, 0.6) is 0 Å².